The summed E-state index contributed by atoms with van der Waals surface area (Å²) in [4.78, 5) is 19.5. The molecule has 0 unspecified atom stereocenters. The van der Waals surface area contributed by atoms with Crippen molar-refractivity contribution in [3.8, 4) is 6.07 Å². The van der Waals surface area contributed by atoms with E-state index < -0.39 is 0 Å². The number of pyridine rings is 1. The summed E-state index contributed by atoms with van der Waals surface area (Å²) < 4.78 is 0. The van der Waals surface area contributed by atoms with Crippen LogP contribution < -0.4 is 0 Å². The lowest BCUT2D eigenvalue weighted by molar-refractivity contribution is 0.0761. The third-order valence-corrected chi connectivity index (χ3v) is 4.48. The molecule has 1 aromatic heterocycles. The fraction of sp³-hybridized carbons (Fsp3) is 0.174. The number of amides is 1. The van der Waals surface area contributed by atoms with Crippen molar-refractivity contribution in [2.24, 2.45) is 0 Å². The number of carbonyl (C=O) groups is 1. The minimum atomic E-state index is -0.0762. The summed E-state index contributed by atoms with van der Waals surface area (Å²) in [5.41, 5.74) is 4.90. The smallest absolute Gasteiger partial charge is 0.256 e. The minimum Gasteiger partial charge on any atom is -0.331 e. The van der Waals surface area contributed by atoms with E-state index in [2.05, 4.69) is 17.6 Å². The Morgan fingerprint density at radius 3 is 2.59 bits per heavy atom. The van der Waals surface area contributed by atoms with E-state index in [4.69, 9.17) is 5.26 Å². The maximum atomic E-state index is 13.2. The highest BCUT2D eigenvalue weighted by atomic mass is 16.2. The van der Waals surface area contributed by atoms with Crippen LogP contribution in [0.2, 0.25) is 0 Å². The van der Waals surface area contributed by atoms with Gasteiger partial charge in [-0.05, 0) is 49.7 Å². The van der Waals surface area contributed by atoms with Gasteiger partial charge in [-0.1, -0.05) is 29.8 Å². The van der Waals surface area contributed by atoms with E-state index in [0.717, 1.165) is 22.0 Å². The van der Waals surface area contributed by atoms with Crippen molar-refractivity contribution in [2.45, 2.75) is 20.4 Å². The standard InChI is InChI=1S/C23H21N3O/c1-4-11-26(15-19-8-6-18(14-24)7-9-19)23(27)21-13-20-12-16(2)5-10-22(20)25-17(21)3/h4-10,12-13H,1,11,15H2,2-3H3. The Kier molecular flexibility index (Phi) is 5.33. The van der Waals surface area contributed by atoms with Crippen LogP contribution in [0.5, 0.6) is 0 Å². The minimum absolute atomic E-state index is 0.0762. The van der Waals surface area contributed by atoms with Gasteiger partial charge >= 0.3 is 0 Å². The summed E-state index contributed by atoms with van der Waals surface area (Å²) in [6, 6.07) is 17.3. The van der Waals surface area contributed by atoms with Gasteiger partial charge < -0.3 is 4.90 Å². The van der Waals surface area contributed by atoms with E-state index in [0.29, 0.717) is 29.9 Å². The molecule has 0 spiro atoms. The Balaban J connectivity index is 1.94. The van der Waals surface area contributed by atoms with E-state index in [9.17, 15) is 4.79 Å². The second-order valence-corrected chi connectivity index (χ2v) is 6.60. The molecular weight excluding hydrogens is 334 g/mol. The Morgan fingerprint density at radius 2 is 1.93 bits per heavy atom. The number of aromatic nitrogens is 1. The lowest BCUT2D eigenvalue weighted by Crippen LogP contribution is -2.31. The van der Waals surface area contributed by atoms with Crippen molar-refractivity contribution >= 4 is 16.8 Å². The first-order valence-corrected chi connectivity index (χ1v) is 8.79. The molecule has 4 nitrogen and oxygen atoms in total. The van der Waals surface area contributed by atoms with Crippen LogP contribution >= 0.6 is 0 Å². The zero-order chi connectivity index (χ0) is 19.4. The summed E-state index contributed by atoms with van der Waals surface area (Å²) in [6.07, 6.45) is 1.72. The van der Waals surface area contributed by atoms with Crippen molar-refractivity contribution in [1.82, 2.24) is 9.88 Å². The second-order valence-electron chi connectivity index (χ2n) is 6.60. The number of carbonyl (C=O) groups excluding carboxylic acids is 1. The first kappa shape index (κ1) is 18.3. The Labute approximate surface area is 159 Å². The highest BCUT2D eigenvalue weighted by Gasteiger charge is 2.18. The lowest BCUT2D eigenvalue weighted by Gasteiger charge is -2.22. The average molecular weight is 355 g/mol. The van der Waals surface area contributed by atoms with Crippen LogP contribution in [0.4, 0.5) is 0 Å². The number of fused-ring (bicyclic) bond motifs is 1. The van der Waals surface area contributed by atoms with Gasteiger partial charge in [-0.15, -0.1) is 6.58 Å². The molecule has 2 aromatic carbocycles. The van der Waals surface area contributed by atoms with E-state index in [-0.39, 0.29) is 5.91 Å². The van der Waals surface area contributed by atoms with Gasteiger partial charge in [-0.2, -0.15) is 5.26 Å². The van der Waals surface area contributed by atoms with Crippen LogP contribution in [0.15, 0.2) is 61.2 Å². The predicted octanol–water partition coefficient (Wildman–Crippen LogP) is 4.55. The molecule has 0 atom stereocenters. The number of hydrogen-bond donors (Lipinski definition) is 0. The molecule has 1 amide bonds. The van der Waals surface area contributed by atoms with E-state index in [1.165, 1.54) is 0 Å². The second kappa shape index (κ2) is 7.84. The molecule has 27 heavy (non-hydrogen) atoms. The average Bonchev–Trinajstić information content (AvgIpc) is 2.67. The normalized spacial score (nSPS) is 10.4. The highest BCUT2D eigenvalue weighted by molar-refractivity contribution is 5.98. The van der Waals surface area contributed by atoms with Crippen LogP contribution in [-0.2, 0) is 6.54 Å². The molecule has 0 N–H and O–H groups in total. The van der Waals surface area contributed by atoms with Crippen LogP contribution in [0, 0.1) is 25.2 Å². The largest absolute Gasteiger partial charge is 0.331 e. The summed E-state index contributed by atoms with van der Waals surface area (Å²) in [7, 11) is 0. The van der Waals surface area contributed by atoms with Gasteiger partial charge in [0.15, 0.2) is 0 Å². The third-order valence-electron chi connectivity index (χ3n) is 4.48. The Bertz CT molecular complexity index is 1050. The van der Waals surface area contributed by atoms with Gasteiger partial charge in [0.25, 0.3) is 5.91 Å². The maximum Gasteiger partial charge on any atom is 0.256 e. The lowest BCUT2D eigenvalue weighted by atomic mass is 10.1. The predicted molar refractivity (Wildman–Crippen MR) is 107 cm³/mol. The van der Waals surface area contributed by atoms with Gasteiger partial charge in [0.2, 0.25) is 0 Å². The van der Waals surface area contributed by atoms with Gasteiger partial charge in [-0.25, -0.2) is 0 Å². The van der Waals surface area contributed by atoms with E-state index >= 15 is 0 Å². The third kappa shape index (κ3) is 4.04. The number of benzene rings is 2. The van der Waals surface area contributed by atoms with Crippen LogP contribution in [-0.4, -0.2) is 22.3 Å². The molecule has 0 saturated carbocycles. The first-order valence-electron chi connectivity index (χ1n) is 8.79. The molecule has 0 bridgehead atoms. The van der Waals surface area contributed by atoms with E-state index in [1.807, 2.05) is 50.2 Å². The van der Waals surface area contributed by atoms with Crippen molar-refractivity contribution in [1.29, 1.82) is 5.26 Å². The summed E-state index contributed by atoms with van der Waals surface area (Å²) >= 11 is 0. The highest BCUT2D eigenvalue weighted by Crippen LogP contribution is 2.20. The quantitative estimate of drug-likeness (QED) is 0.631. The Hall–Kier alpha value is -3.45. The molecule has 134 valence electrons. The van der Waals surface area contributed by atoms with Crippen molar-refractivity contribution < 1.29 is 4.79 Å². The molecule has 0 aliphatic heterocycles. The van der Waals surface area contributed by atoms with Crippen LogP contribution in [0.1, 0.15) is 32.7 Å². The zero-order valence-corrected chi connectivity index (χ0v) is 15.6. The number of rotatable bonds is 5. The fourth-order valence-corrected chi connectivity index (χ4v) is 3.06. The fourth-order valence-electron chi connectivity index (χ4n) is 3.06. The number of nitriles is 1. The molecule has 0 radical (unpaired) electrons. The van der Waals surface area contributed by atoms with Gasteiger partial charge in [0.1, 0.15) is 0 Å². The molecule has 0 fully saturated rings. The molecule has 1 heterocycles. The molecule has 3 rings (SSSR count). The topological polar surface area (TPSA) is 57.0 Å². The van der Waals surface area contributed by atoms with Crippen LogP contribution in [0.25, 0.3) is 10.9 Å². The molecule has 0 aliphatic rings. The summed E-state index contributed by atoms with van der Waals surface area (Å²) in [6.45, 7) is 8.54. The maximum absolute atomic E-state index is 13.2. The monoisotopic (exact) mass is 355 g/mol. The summed E-state index contributed by atoms with van der Waals surface area (Å²) in [5.74, 6) is -0.0762. The SMILES string of the molecule is C=CCN(Cc1ccc(C#N)cc1)C(=O)c1cc2cc(C)ccc2nc1C. The molecule has 4 heteroatoms. The molecule has 0 aliphatic carbocycles. The number of hydrogen-bond acceptors (Lipinski definition) is 3. The molecule has 0 saturated heterocycles. The summed E-state index contributed by atoms with van der Waals surface area (Å²) in [5, 5.41) is 9.89. The van der Waals surface area contributed by atoms with Gasteiger partial charge in [-0.3, -0.25) is 9.78 Å². The number of nitrogens with zero attached hydrogens (tertiary/aromatic N) is 3. The first-order chi connectivity index (χ1) is 13.0. The van der Waals surface area contributed by atoms with Crippen molar-refractivity contribution in [3.05, 3.63) is 89.1 Å². The van der Waals surface area contributed by atoms with E-state index in [1.54, 1.807) is 23.1 Å². The van der Waals surface area contributed by atoms with Gasteiger partial charge in [0, 0.05) is 18.5 Å². The van der Waals surface area contributed by atoms with Crippen molar-refractivity contribution in [2.75, 3.05) is 6.54 Å². The van der Waals surface area contributed by atoms with Crippen molar-refractivity contribution in [3.63, 3.8) is 0 Å². The zero-order valence-electron chi connectivity index (χ0n) is 15.6. The van der Waals surface area contributed by atoms with Crippen LogP contribution in [0.3, 0.4) is 0 Å². The Morgan fingerprint density at radius 1 is 1.19 bits per heavy atom. The van der Waals surface area contributed by atoms with Gasteiger partial charge in [0.05, 0.1) is 28.4 Å². The molecular formula is C23H21N3O. The number of aryl methyl sites for hydroxylation is 2. The molecule has 3 aromatic rings.